The molecule has 0 aromatic carbocycles. The van der Waals surface area contributed by atoms with Crippen LogP contribution in [-0.2, 0) is 9.53 Å². The second-order valence-corrected chi connectivity index (χ2v) is 4.94. The molecule has 0 saturated heterocycles. The standard InChI is InChI=1S/C17H26O2/c1-14(2)8-6-9-15(3)10-7-11-16(4)12-13-19-17(5)18/h7-8,10-12H,6,9,13H2,1-5H3/b11-7+,15-10+,16-12+. The van der Waals surface area contributed by atoms with E-state index in [0.717, 1.165) is 18.4 Å². The molecule has 0 saturated carbocycles. The minimum absolute atomic E-state index is 0.247. The second kappa shape index (κ2) is 10.4. The Hall–Kier alpha value is -1.57. The van der Waals surface area contributed by atoms with Gasteiger partial charge in [0.05, 0.1) is 0 Å². The molecular formula is C17H26O2. The van der Waals surface area contributed by atoms with Crippen LogP contribution in [0.25, 0.3) is 0 Å². The Kier molecular flexibility index (Phi) is 9.51. The molecule has 0 aromatic heterocycles. The highest BCUT2D eigenvalue weighted by Crippen LogP contribution is 2.07. The van der Waals surface area contributed by atoms with Crippen molar-refractivity contribution >= 4 is 5.97 Å². The van der Waals surface area contributed by atoms with Crippen molar-refractivity contribution in [3.63, 3.8) is 0 Å². The number of esters is 1. The Labute approximate surface area is 117 Å². The van der Waals surface area contributed by atoms with Gasteiger partial charge in [0.1, 0.15) is 6.61 Å². The molecule has 0 fully saturated rings. The molecule has 2 nitrogen and oxygen atoms in total. The zero-order chi connectivity index (χ0) is 14.7. The minimum Gasteiger partial charge on any atom is -0.462 e. The molecule has 2 heteroatoms. The Bertz CT molecular complexity index is 391. The smallest absolute Gasteiger partial charge is 0.302 e. The fraction of sp³-hybridized carbons (Fsp3) is 0.471. The molecule has 0 aliphatic carbocycles. The van der Waals surface area contributed by atoms with Gasteiger partial charge in [0, 0.05) is 6.92 Å². The van der Waals surface area contributed by atoms with Gasteiger partial charge in [0.2, 0.25) is 0 Å². The lowest BCUT2D eigenvalue weighted by atomic mass is 10.1. The van der Waals surface area contributed by atoms with Crippen LogP contribution in [0.15, 0.2) is 47.1 Å². The van der Waals surface area contributed by atoms with Crippen molar-refractivity contribution in [3.05, 3.63) is 47.1 Å². The summed E-state index contributed by atoms with van der Waals surface area (Å²) < 4.78 is 4.84. The van der Waals surface area contributed by atoms with Crippen molar-refractivity contribution in [2.75, 3.05) is 6.61 Å². The molecule has 0 heterocycles. The lowest BCUT2D eigenvalue weighted by molar-refractivity contribution is -0.139. The first-order chi connectivity index (χ1) is 8.91. The van der Waals surface area contributed by atoms with Gasteiger partial charge in [-0.1, -0.05) is 41.0 Å². The lowest BCUT2D eigenvalue weighted by Crippen LogP contribution is -1.97. The third-order valence-corrected chi connectivity index (χ3v) is 2.52. The fourth-order valence-electron chi connectivity index (χ4n) is 1.39. The quantitative estimate of drug-likeness (QED) is 0.376. The van der Waals surface area contributed by atoms with Crippen molar-refractivity contribution < 1.29 is 9.53 Å². The van der Waals surface area contributed by atoms with Gasteiger partial charge in [-0.25, -0.2) is 0 Å². The predicted molar refractivity (Wildman–Crippen MR) is 82.0 cm³/mol. The van der Waals surface area contributed by atoms with E-state index in [1.165, 1.54) is 18.1 Å². The van der Waals surface area contributed by atoms with E-state index >= 15 is 0 Å². The molecule has 0 aromatic rings. The molecule has 0 atom stereocenters. The third-order valence-electron chi connectivity index (χ3n) is 2.52. The largest absolute Gasteiger partial charge is 0.462 e. The van der Waals surface area contributed by atoms with Crippen LogP contribution < -0.4 is 0 Å². The molecule has 0 aliphatic heterocycles. The number of hydrogen-bond donors (Lipinski definition) is 0. The Morgan fingerprint density at radius 3 is 2.32 bits per heavy atom. The summed E-state index contributed by atoms with van der Waals surface area (Å²) in [6.07, 6.45) is 12.5. The number of allylic oxidation sites excluding steroid dienone is 7. The second-order valence-electron chi connectivity index (χ2n) is 4.94. The van der Waals surface area contributed by atoms with E-state index in [1.807, 2.05) is 25.2 Å². The maximum atomic E-state index is 10.6. The first-order valence-corrected chi connectivity index (χ1v) is 6.69. The molecule has 106 valence electrons. The molecule has 0 radical (unpaired) electrons. The Balaban J connectivity index is 4.10. The first kappa shape index (κ1) is 17.4. The summed E-state index contributed by atoms with van der Waals surface area (Å²) in [4.78, 5) is 10.6. The zero-order valence-electron chi connectivity index (χ0n) is 12.8. The fourth-order valence-corrected chi connectivity index (χ4v) is 1.39. The summed E-state index contributed by atoms with van der Waals surface area (Å²) in [6.45, 7) is 10.1. The third kappa shape index (κ3) is 12.7. The Morgan fingerprint density at radius 1 is 1.05 bits per heavy atom. The van der Waals surface area contributed by atoms with Crippen molar-refractivity contribution in [1.82, 2.24) is 0 Å². The summed E-state index contributed by atoms with van der Waals surface area (Å²) in [7, 11) is 0. The van der Waals surface area contributed by atoms with E-state index in [0.29, 0.717) is 6.61 Å². The average Bonchev–Trinajstić information content (AvgIpc) is 2.27. The van der Waals surface area contributed by atoms with Gasteiger partial charge in [-0.05, 0) is 46.6 Å². The van der Waals surface area contributed by atoms with Gasteiger partial charge < -0.3 is 4.74 Å². The number of carbonyl (C=O) groups excluding carboxylic acids is 1. The molecular weight excluding hydrogens is 236 g/mol. The summed E-state index contributed by atoms with van der Waals surface area (Å²) >= 11 is 0. The highest BCUT2D eigenvalue weighted by atomic mass is 16.5. The average molecular weight is 262 g/mol. The number of carbonyl (C=O) groups is 1. The normalized spacial score (nSPS) is 12.7. The van der Waals surface area contributed by atoms with Gasteiger partial charge in [-0.2, -0.15) is 0 Å². The molecule has 0 bridgehead atoms. The van der Waals surface area contributed by atoms with Crippen LogP contribution in [0.1, 0.15) is 47.5 Å². The maximum absolute atomic E-state index is 10.6. The van der Waals surface area contributed by atoms with Gasteiger partial charge >= 0.3 is 5.97 Å². The van der Waals surface area contributed by atoms with E-state index < -0.39 is 0 Å². The minimum atomic E-state index is -0.247. The maximum Gasteiger partial charge on any atom is 0.302 e. The highest BCUT2D eigenvalue weighted by Gasteiger charge is 1.89. The van der Waals surface area contributed by atoms with E-state index in [2.05, 4.69) is 32.9 Å². The Morgan fingerprint density at radius 2 is 1.74 bits per heavy atom. The number of rotatable bonds is 7. The van der Waals surface area contributed by atoms with Crippen molar-refractivity contribution in [2.24, 2.45) is 0 Å². The molecule has 0 amide bonds. The zero-order valence-corrected chi connectivity index (χ0v) is 12.8. The summed E-state index contributed by atoms with van der Waals surface area (Å²) in [5.74, 6) is -0.247. The molecule has 0 aliphatic rings. The summed E-state index contributed by atoms with van der Waals surface area (Å²) in [5, 5.41) is 0. The van der Waals surface area contributed by atoms with Crippen LogP contribution in [0.2, 0.25) is 0 Å². The van der Waals surface area contributed by atoms with E-state index in [-0.39, 0.29) is 5.97 Å². The van der Waals surface area contributed by atoms with Crippen LogP contribution in [0, 0.1) is 0 Å². The molecule has 0 unspecified atom stereocenters. The van der Waals surface area contributed by atoms with Gasteiger partial charge in [0.15, 0.2) is 0 Å². The van der Waals surface area contributed by atoms with Crippen LogP contribution in [0.4, 0.5) is 0 Å². The predicted octanol–water partition coefficient (Wildman–Crippen LogP) is 4.74. The number of ether oxygens (including phenoxy) is 1. The van der Waals surface area contributed by atoms with Crippen LogP contribution in [0.3, 0.4) is 0 Å². The van der Waals surface area contributed by atoms with E-state index in [1.54, 1.807) is 0 Å². The van der Waals surface area contributed by atoms with Gasteiger partial charge in [-0.3, -0.25) is 4.79 Å². The molecule has 0 rings (SSSR count). The topological polar surface area (TPSA) is 26.3 Å². The molecule has 0 spiro atoms. The van der Waals surface area contributed by atoms with Crippen molar-refractivity contribution in [1.29, 1.82) is 0 Å². The van der Waals surface area contributed by atoms with Gasteiger partial charge in [-0.15, -0.1) is 0 Å². The van der Waals surface area contributed by atoms with Crippen molar-refractivity contribution in [2.45, 2.75) is 47.5 Å². The first-order valence-electron chi connectivity index (χ1n) is 6.69. The molecule has 0 N–H and O–H groups in total. The van der Waals surface area contributed by atoms with Crippen LogP contribution in [0.5, 0.6) is 0 Å². The monoisotopic (exact) mass is 262 g/mol. The summed E-state index contributed by atoms with van der Waals surface area (Å²) in [5.41, 5.74) is 3.82. The van der Waals surface area contributed by atoms with Gasteiger partial charge in [0.25, 0.3) is 0 Å². The van der Waals surface area contributed by atoms with Crippen molar-refractivity contribution in [3.8, 4) is 0 Å². The SMILES string of the molecule is CC(=O)OC/C=C(C)/C=C/C=C(\C)CCC=C(C)C. The van der Waals surface area contributed by atoms with Crippen LogP contribution in [-0.4, -0.2) is 12.6 Å². The molecule has 19 heavy (non-hydrogen) atoms. The highest BCUT2D eigenvalue weighted by molar-refractivity contribution is 5.66. The number of hydrogen-bond acceptors (Lipinski definition) is 2. The van der Waals surface area contributed by atoms with E-state index in [9.17, 15) is 4.79 Å². The summed E-state index contributed by atoms with van der Waals surface area (Å²) in [6, 6.07) is 0. The van der Waals surface area contributed by atoms with Crippen LogP contribution >= 0.6 is 0 Å². The van der Waals surface area contributed by atoms with E-state index in [4.69, 9.17) is 4.74 Å². The lowest BCUT2D eigenvalue weighted by Gasteiger charge is -1.97.